The highest BCUT2D eigenvalue weighted by Crippen LogP contribution is 2.27. The zero-order valence-corrected chi connectivity index (χ0v) is 23.1. The van der Waals surface area contributed by atoms with E-state index in [9.17, 15) is 19.5 Å². The van der Waals surface area contributed by atoms with Gasteiger partial charge in [-0.1, -0.05) is 57.2 Å². The number of hydrogen-bond acceptors (Lipinski definition) is 8. The molecule has 2 aromatic heterocycles. The third-order valence-corrected chi connectivity index (χ3v) is 6.50. The molecule has 3 aromatic rings. The van der Waals surface area contributed by atoms with Crippen LogP contribution in [0.3, 0.4) is 0 Å². The summed E-state index contributed by atoms with van der Waals surface area (Å²) in [5.74, 6) is 0.240. The second-order valence-electron chi connectivity index (χ2n) is 11.0. The molecule has 1 fully saturated rings. The number of carboxylic acid groups (broad SMARTS) is 1. The highest BCUT2D eigenvalue weighted by molar-refractivity contribution is 5.79. The quantitative estimate of drug-likeness (QED) is 0.415. The summed E-state index contributed by atoms with van der Waals surface area (Å²) >= 11 is 0. The Morgan fingerprint density at radius 3 is 2.33 bits per heavy atom. The number of ether oxygens (including phenoxy) is 1. The minimum atomic E-state index is -1.38. The fourth-order valence-electron chi connectivity index (χ4n) is 4.61. The van der Waals surface area contributed by atoms with Gasteiger partial charge >= 0.3 is 17.8 Å². The minimum Gasteiger partial charge on any atom is -0.480 e. The van der Waals surface area contributed by atoms with Crippen molar-refractivity contribution in [1.29, 1.82) is 0 Å². The summed E-state index contributed by atoms with van der Waals surface area (Å²) in [5.41, 5.74) is 0.924. The molecule has 1 atom stereocenters. The zero-order chi connectivity index (χ0) is 28.7. The molecule has 40 heavy (non-hydrogen) atoms. The summed E-state index contributed by atoms with van der Waals surface area (Å²) in [6, 6.07) is 13.5. The van der Waals surface area contributed by atoms with Crippen LogP contribution < -0.4 is 20.8 Å². The van der Waals surface area contributed by atoms with Crippen molar-refractivity contribution in [2.45, 2.75) is 46.4 Å². The van der Waals surface area contributed by atoms with E-state index >= 15 is 0 Å². The summed E-state index contributed by atoms with van der Waals surface area (Å²) in [6.07, 6.45) is 3.19. The second-order valence-corrected chi connectivity index (χ2v) is 11.0. The predicted molar refractivity (Wildman–Crippen MR) is 152 cm³/mol. The Labute approximate surface area is 233 Å². The largest absolute Gasteiger partial charge is 0.480 e. The number of piperazine rings is 1. The average molecular weight is 549 g/mol. The van der Waals surface area contributed by atoms with Crippen LogP contribution in [0.2, 0.25) is 0 Å². The van der Waals surface area contributed by atoms with Crippen molar-refractivity contribution >= 4 is 23.7 Å². The number of alkyl carbamates (subject to hydrolysis) is 1. The van der Waals surface area contributed by atoms with Gasteiger partial charge in [-0.05, 0) is 29.5 Å². The second kappa shape index (κ2) is 12.6. The molecule has 1 amide bonds. The summed E-state index contributed by atoms with van der Waals surface area (Å²) in [6.45, 7) is 8.78. The van der Waals surface area contributed by atoms with Crippen LogP contribution in [0.5, 0.6) is 0 Å². The van der Waals surface area contributed by atoms with E-state index in [0.717, 1.165) is 30.0 Å². The molecule has 3 heterocycles. The van der Waals surface area contributed by atoms with Crippen molar-refractivity contribution in [3.63, 3.8) is 0 Å². The van der Waals surface area contributed by atoms with Crippen molar-refractivity contribution in [2.75, 3.05) is 36.0 Å². The van der Waals surface area contributed by atoms with Crippen LogP contribution in [0.15, 0.2) is 65.7 Å². The number of nitrogens with zero attached hydrogens (tertiary/aromatic N) is 5. The molecule has 212 valence electrons. The topological polar surface area (TPSA) is 130 Å². The number of carbonyl (C=O) groups excluding carboxylic acids is 1. The zero-order valence-electron chi connectivity index (χ0n) is 23.1. The van der Waals surface area contributed by atoms with Crippen LogP contribution in [-0.4, -0.2) is 63.9 Å². The fraction of sp³-hybridized carbons (Fsp3) is 0.414. The molecule has 0 unspecified atom stereocenters. The summed E-state index contributed by atoms with van der Waals surface area (Å²) < 4.78 is 6.43. The number of anilines is 2. The van der Waals surface area contributed by atoms with Gasteiger partial charge in [0.25, 0.3) is 0 Å². The Bertz CT molecular complexity index is 1350. The van der Waals surface area contributed by atoms with Gasteiger partial charge < -0.3 is 25.0 Å². The summed E-state index contributed by atoms with van der Waals surface area (Å²) in [5, 5.41) is 12.1. The predicted octanol–water partition coefficient (Wildman–Crippen LogP) is 2.93. The lowest BCUT2D eigenvalue weighted by atomic mass is 9.88. The van der Waals surface area contributed by atoms with Crippen molar-refractivity contribution in [3.05, 3.63) is 82.5 Å². The number of rotatable bonds is 9. The first kappa shape index (κ1) is 28.6. The lowest BCUT2D eigenvalue weighted by molar-refractivity contribution is -0.139. The number of amides is 1. The number of nitrogens with one attached hydrogen (secondary N) is 1. The molecule has 1 aliphatic rings. The van der Waals surface area contributed by atoms with Gasteiger partial charge in [-0.3, -0.25) is 4.57 Å². The third-order valence-electron chi connectivity index (χ3n) is 6.50. The molecule has 0 aliphatic carbocycles. The SMILES string of the molecule is CC(C)(C)Cc1cn(C[C@H](NC(=O)OCc2ccccc2)C(=O)O)c(=O)nc1N1CCN(c2ccccn2)CC1. The van der Waals surface area contributed by atoms with Gasteiger partial charge in [0.2, 0.25) is 0 Å². The average Bonchev–Trinajstić information content (AvgIpc) is 2.93. The Morgan fingerprint density at radius 2 is 1.70 bits per heavy atom. The van der Waals surface area contributed by atoms with E-state index in [2.05, 4.69) is 45.9 Å². The Hall–Kier alpha value is -4.41. The first-order chi connectivity index (χ1) is 19.1. The molecule has 0 saturated carbocycles. The summed E-state index contributed by atoms with van der Waals surface area (Å²) in [4.78, 5) is 50.6. The van der Waals surface area contributed by atoms with Crippen molar-refractivity contribution in [2.24, 2.45) is 5.41 Å². The molecule has 4 rings (SSSR count). The van der Waals surface area contributed by atoms with Crippen molar-refractivity contribution < 1.29 is 19.4 Å². The summed E-state index contributed by atoms with van der Waals surface area (Å²) in [7, 11) is 0. The molecule has 11 nitrogen and oxygen atoms in total. The Kier molecular flexibility index (Phi) is 9.03. The van der Waals surface area contributed by atoms with E-state index in [1.54, 1.807) is 24.5 Å². The Morgan fingerprint density at radius 1 is 1.02 bits per heavy atom. The number of benzene rings is 1. The lowest BCUT2D eigenvalue weighted by Gasteiger charge is -2.37. The molecule has 0 radical (unpaired) electrons. The van der Waals surface area contributed by atoms with Crippen LogP contribution in [0.25, 0.3) is 0 Å². The van der Waals surface area contributed by atoms with Crippen LogP contribution in [0, 0.1) is 5.41 Å². The Balaban J connectivity index is 1.49. The van der Waals surface area contributed by atoms with Gasteiger partial charge in [0.05, 0.1) is 6.54 Å². The van der Waals surface area contributed by atoms with E-state index < -0.39 is 23.8 Å². The highest BCUT2D eigenvalue weighted by Gasteiger charge is 2.27. The number of aromatic nitrogens is 3. The van der Waals surface area contributed by atoms with Crippen molar-refractivity contribution in [1.82, 2.24) is 19.9 Å². The van der Waals surface area contributed by atoms with Gasteiger partial charge in [-0.15, -0.1) is 0 Å². The number of carbonyl (C=O) groups is 2. The maximum absolute atomic E-state index is 13.1. The minimum absolute atomic E-state index is 0.00145. The standard InChI is InChI=1S/C29H36N6O5/c1-29(2,3)17-22-18-35(19-23(26(36)37)31-28(39)40-20-21-9-5-4-6-10-21)27(38)32-25(22)34-15-13-33(14-16-34)24-11-7-8-12-30-24/h4-12,18,23H,13-17,19-20H2,1-3H3,(H,31,39)(H,36,37)/t23-/m0/s1. The molecule has 11 heteroatoms. The smallest absolute Gasteiger partial charge is 0.408 e. The van der Waals surface area contributed by atoms with E-state index in [1.165, 1.54) is 4.57 Å². The highest BCUT2D eigenvalue weighted by atomic mass is 16.5. The lowest BCUT2D eigenvalue weighted by Crippen LogP contribution is -2.49. The number of carboxylic acids is 1. The molecule has 0 bridgehead atoms. The maximum Gasteiger partial charge on any atom is 0.408 e. The van der Waals surface area contributed by atoms with Gasteiger partial charge in [0.1, 0.15) is 24.3 Å². The molecule has 1 aliphatic heterocycles. The van der Waals surface area contributed by atoms with E-state index in [0.29, 0.717) is 25.3 Å². The first-order valence-corrected chi connectivity index (χ1v) is 13.3. The van der Waals surface area contributed by atoms with E-state index in [-0.39, 0.29) is 18.6 Å². The molecule has 0 spiro atoms. The molecular formula is C29H36N6O5. The number of aliphatic carboxylic acids is 1. The molecule has 1 saturated heterocycles. The van der Waals surface area contributed by atoms with Crippen LogP contribution in [0.1, 0.15) is 31.9 Å². The van der Waals surface area contributed by atoms with Crippen LogP contribution >= 0.6 is 0 Å². The van der Waals surface area contributed by atoms with Gasteiger partial charge in [0.15, 0.2) is 0 Å². The van der Waals surface area contributed by atoms with E-state index in [1.807, 2.05) is 36.4 Å². The van der Waals surface area contributed by atoms with Crippen molar-refractivity contribution in [3.8, 4) is 0 Å². The van der Waals surface area contributed by atoms with Gasteiger partial charge in [-0.2, -0.15) is 4.98 Å². The molecule has 2 N–H and O–H groups in total. The molecular weight excluding hydrogens is 512 g/mol. The normalized spacial score (nSPS) is 14.5. The van der Waals surface area contributed by atoms with E-state index in [4.69, 9.17) is 4.74 Å². The number of pyridine rings is 1. The first-order valence-electron chi connectivity index (χ1n) is 13.3. The van der Waals surface area contributed by atoms with Gasteiger partial charge in [-0.25, -0.2) is 19.4 Å². The third kappa shape index (κ3) is 7.81. The van der Waals surface area contributed by atoms with Gasteiger partial charge in [0, 0.05) is 44.1 Å². The number of hydrogen-bond donors (Lipinski definition) is 2. The van der Waals surface area contributed by atoms with Crippen LogP contribution in [-0.2, 0) is 29.1 Å². The monoisotopic (exact) mass is 548 g/mol. The molecule has 1 aromatic carbocycles. The van der Waals surface area contributed by atoms with Crippen LogP contribution in [0.4, 0.5) is 16.4 Å². The fourth-order valence-corrected chi connectivity index (χ4v) is 4.61. The maximum atomic E-state index is 13.1.